The van der Waals surface area contributed by atoms with Crippen LogP contribution in [-0.2, 0) is 23.9 Å². The molecule has 0 aromatic rings. The molecule has 9 N–H and O–H groups in total. The van der Waals surface area contributed by atoms with Gasteiger partial charge in [-0.1, -0.05) is 0 Å². The summed E-state index contributed by atoms with van der Waals surface area (Å²) in [5.74, 6) is -10.0. The molecule has 7 atom stereocenters. The highest BCUT2D eigenvalue weighted by molar-refractivity contribution is 6.31. The lowest BCUT2D eigenvalue weighted by Gasteiger charge is -2.47. The van der Waals surface area contributed by atoms with Crippen molar-refractivity contribution in [2.24, 2.45) is 11.7 Å². The molecule has 0 saturated carbocycles. The highest BCUT2D eigenvalue weighted by Crippen LogP contribution is 2.35. The molecule has 0 aromatic heterocycles. The summed E-state index contributed by atoms with van der Waals surface area (Å²) in [5.41, 5.74) is 5.58. The van der Waals surface area contributed by atoms with Gasteiger partial charge in [-0.15, -0.1) is 0 Å². The number of ether oxygens (including phenoxy) is 1. The van der Waals surface area contributed by atoms with Gasteiger partial charge < -0.3 is 46.2 Å². The van der Waals surface area contributed by atoms with Gasteiger partial charge in [0.25, 0.3) is 5.79 Å². The zero-order chi connectivity index (χ0) is 21.7. The molecule has 27 heavy (non-hydrogen) atoms. The van der Waals surface area contributed by atoms with Crippen LogP contribution in [0, 0.1) is 5.92 Å². The Labute approximate surface area is 152 Å². The predicted octanol–water partition coefficient (Wildman–Crippen LogP) is -4.57. The normalized spacial score (nSPS) is 32.4. The van der Waals surface area contributed by atoms with Crippen LogP contribution in [0.15, 0.2) is 0 Å². The number of aliphatic hydroxyl groups excluding tert-OH is 4. The van der Waals surface area contributed by atoms with Crippen LogP contribution in [0.3, 0.4) is 0 Å². The lowest BCUT2D eigenvalue weighted by molar-refractivity contribution is -0.311. The van der Waals surface area contributed by atoms with Crippen LogP contribution in [0.5, 0.6) is 0 Å². The van der Waals surface area contributed by atoms with Crippen molar-refractivity contribution in [1.82, 2.24) is 0 Å². The van der Waals surface area contributed by atoms with Gasteiger partial charge in [-0.3, -0.25) is 9.59 Å². The molecule has 156 valence electrons. The summed E-state index contributed by atoms with van der Waals surface area (Å²) in [6.45, 7) is 1.06. The second-order valence-corrected chi connectivity index (χ2v) is 5.84. The number of ketones is 2. The SMILES string of the molecule is CC(=O)C(=O)O.CC(=O)C1[C@H](O)[C@@H](N)[C@H]([C@H](O)[C@H](O)CO)OC1(O)C(=O)O. The molecular weight excluding hydrogens is 374 g/mol. The topological polar surface area (TPSA) is 245 Å². The molecule has 0 radical (unpaired) electrons. The van der Waals surface area contributed by atoms with Gasteiger partial charge in [0.2, 0.25) is 5.78 Å². The average Bonchev–Trinajstić information content (AvgIpc) is 2.56. The Morgan fingerprint density at radius 3 is 1.89 bits per heavy atom. The number of rotatable bonds is 6. The Morgan fingerprint density at radius 1 is 1.15 bits per heavy atom. The van der Waals surface area contributed by atoms with Gasteiger partial charge in [-0.2, -0.15) is 0 Å². The molecule has 0 spiro atoms. The third kappa shape index (κ3) is 5.74. The van der Waals surface area contributed by atoms with E-state index in [1.165, 1.54) is 0 Å². The Balaban J connectivity index is 0.000000972. The van der Waals surface area contributed by atoms with Gasteiger partial charge in [0.05, 0.1) is 18.8 Å². The molecule has 0 amide bonds. The zero-order valence-corrected chi connectivity index (χ0v) is 14.4. The first-order valence-electron chi connectivity index (χ1n) is 7.50. The number of aliphatic carboxylic acids is 2. The summed E-state index contributed by atoms with van der Waals surface area (Å²) >= 11 is 0. The maximum absolute atomic E-state index is 11.5. The first-order valence-corrected chi connectivity index (χ1v) is 7.50. The van der Waals surface area contributed by atoms with Gasteiger partial charge in [0.1, 0.15) is 30.0 Å². The molecule has 1 rings (SSSR count). The van der Waals surface area contributed by atoms with Crippen molar-refractivity contribution in [2.45, 2.75) is 50.1 Å². The number of aliphatic hydroxyl groups is 5. The standard InChI is InChI=1S/C11H19NO9.C3H4O3/c1-3(14)5-8(17)6(12)9(7(16)4(15)2-13)21-11(5,20)10(18)19;1-2(4)3(5)6/h4-9,13,15-17,20H,2,12H2,1H3,(H,18,19);1H3,(H,5,6)/t4-,5?,6-,7-,8+,9-,11?;/m1./s1. The van der Waals surface area contributed by atoms with Crippen molar-refractivity contribution < 1.29 is 59.7 Å². The fourth-order valence-electron chi connectivity index (χ4n) is 2.33. The van der Waals surface area contributed by atoms with E-state index in [0.29, 0.717) is 0 Å². The molecule has 1 aliphatic heterocycles. The lowest BCUT2D eigenvalue weighted by Crippen LogP contribution is -2.71. The summed E-state index contributed by atoms with van der Waals surface area (Å²) in [7, 11) is 0. The van der Waals surface area contributed by atoms with E-state index in [-0.39, 0.29) is 0 Å². The smallest absolute Gasteiger partial charge is 0.371 e. The Bertz CT molecular complexity index is 568. The van der Waals surface area contributed by atoms with Gasteiger partial charge in [-0.25, -0.2) is 9.59 Å². The van der Waals surface area contributed by atoms with E-state index < -0.39 is 72.3 Å². The molecule has 2 unspecified atom stereocenters. The van der Waals surface area contributed by atoms with Crippen molar-refractivity contribution in [3.63, 3.8) is 0 Å². The predicted molar refractivity (Wildman–Crippen MR) is 83.0 cm³/mol. The summed E-state index contributed by atoms with van der Waals surface area (Å²) < 4.78 is 4.81. The van der Waals surface area contributed by atoms with Gasteiger partial charge >= 0.3 is 11.9 Å². The van der Waals surface area contributed by atoms with E-state index in [2.05, 4.69) is 0 Å². The molecule has 0 aromatic carbocycles. The van der Waals surface area contributed by atoms with E-state index in [1.54, 1.807) is 0 Å². The molecule has 1 fully saturated rings. The summed E-state index contributed by atoms with van der Waals surface area (Å²) in [4.78, 5) is 41.5. The van der Waals surface area contributed by atoms with E-state index in [9.17, 15) is 39.6 Å². The highest BCUT2D eigenvalue weighted by Gasteiger charge is 2.60. The molecule has 0 bridgehead atoms. The van der Waals surface area contributed by atoms with E-state index in [0.717, 1.165) is 13.8 Å². The second kappa shape index (κ2) is 9.80. The summed E-state index contributed by atoms with van der Waals surface area (Å²) in [6.07, 6.45) is -7.15. The number of hydrogen-bond donors (Lipinski definition) is 8. The van der Waals surface area contributed by atoms with Crippen LogP contribution in [0.2, 0.25) is 0 Å². The molecule has 1 aliphatic rings. The van der Waals surface area contributed by atoms with Crippen LogP contribution < -0.4 is 5.73 Å². The van der Waals surface area contributed by atoms with Crippen LogP contribution in [0.4, 0.5) is 0 Å². The quantitative estimate of drug-likeness (QED) is 0.197. The Morgan fingerprint density at radius 2 is 1.59 bits per heavy atom. The second-order valence-electron chi connectivity index (χ2n) is 5.84. The van der Waals surface area contributed by atoms with Gasteiger partial charge in [-0.05, 0) is 6.92 Å². The van der Waals surface area contributed by atoms with E-state index >= 15 is 0 Å². The fraction of sp³-hybridized carbons (Fsp3) is 0.714. The maximum atomic E-state index is 11.5. The van der Waals surface area contributed by atoms with Crippen LogP contribution in [0.25, 0.3) is 0 Å². The Hall–Kier alpha value is -2.00. The number of nitrogens with two attached hydrogens (primary N) is 1. The summed E-state index contributed by atoms with van der Waals surface area (Å²) in [5, 5.41) is 64.5. The third-order valence-corrected chi connectivity index (χ3v) is 3.82. The van der Waals surface area contributed by atoms with Crippen molar-refractivity contribution >= 4 is 23.5 Å². The molecule has 1 saturated heterocycles. The number of carboxylic acids is 2. The lowest BCUT2D eigenvalue weighted by atomic mass is 9.79. The third-order valence-electron chi connectivity index (χ3n) is 3.82. The average molecular weight is 397 g/mol. The van der Waals surface area contributed by atoms with Crippen molar-refractivity contribution in [3.8, 4) is 0 Å². The molecule has 1 heterocycles. The number of Topliss-reactive ketones (excluding diaryl/α,β-unsaturated/α-hetero) is 2. The highest BCUT2D eigenvalue weighted by atomic mass is 16.7. The number of carbonyl (C=O) groups excluding carboxylic acids is 2. The van der Waals surface area contributed by atoms with Crippen LogP contribution in [-0.4, -0.2) is 102 Å². The minimum Gasteiger partial charge on any atom is -0.477 e. The number of carbonyl (C=O) groups is 4. The molecule has 0 aliphatic carbocycles. The minimum absolute atomic E-state index is 0.824. The maximum Gasteiger partial charge on any atom is 0.371 e. The first kappa shape index (κ1) is 25.0. The fourth-order valence-corrected chi connectivity index (χ4v) is 2.33. The summed E-state index contributed by atoms with van der Waals surface area (Å²) in [6, 6.07) is -1.46. The van der Waals surface area contributed by atoms with Crippen LogP contribution >= 0.6 is 0 Å². The van der Waals surface area contributed by atoms with Crippen molar-refractivity contribution in [1.29, 1.82) is 0 Å². The molecule has 13 heteroatoms. The van der Waals surface area contributed by atoms with Crippen molar-refractivity contribution in [3.05, 3.63) is 0 Å². The Kier molecular flexibility index (Phi) is 9.07. The monoisotopic (exact) mass is 397 g/mol. The molecule has 13 nitrogen and oxygen atoms in total. The van der Waals surface area contributed by atoms with E-state index in [1.807, 2.05) is 0 Å². The van der Waals surface area contributed by atoms with Gasteiger partial charge in [0, 0.05) is 6.92 Å². The minimum atomic E-state index is -3.11. The number of carboxylic acid groups (broad SMARTS) is 2. The van der Waals surface area contributed by atoms with Gasteiger partial charge in [0.15, 0.2) is 0 Å². The zero-order valence-electron chi connectivity index (χ0n) is 14.4. The number of hydrogen-bond acceptors (Lipinski definition) is 11. The first-order chi connectivity index (χ1) is 12.2. The van der Waals surface area contributed by atoms with E-state index in [4.69, 9.17) is 25.8 Å². The van der Waals surface area contributed by atoms with Crippen molar-refractivity contribution in [2.75, 3.05) is 6.61 Å². The molecular formula is C14H23NO12. The largest absolute Gasteiger partial charge is 0.477 e. The van der Waals surface area contributed by atoms with Crippen LogP contribution in [0.1, 0.15) is 13.8 Å².